The number of hydrogen-bond donors (Lipinski definition) is 1. The first-order valence-corrected chi connectivity index (χ1v) is 5.92. The van der Waals surface area contributed by atoms with E-state index in [0.717, 1.165) is 18.4 Å². The minimum atomic E-state index is 0.0980. The van der Waals surface area contributed by atoms with E-state index in [1.54, 1.807) is 17.5 Å². The summed E-state index contributed by atoms with van der Waals surface area (Å²) in [5, 5.41) is 2.10. The Morgan fingerprint density at radius 2 is 2.27 bits per heavy atom. The normalized spacial score (nSPS) is 12.6. The molecule has 0 spiro atoms. The lowest BCUT2D eigenvalue weighted by Gasteiger charge is -2.10. The summed E-state index contributed by atoms with van der Waals surface area (Å²) < 4.78 is 0. The summed E-state index contributed by atoms with van der Waals surface area (Å²) in [5.41, 5.74) is 7.20. The summed E-state index contributed by atoms with van der Waals surface area (Å²) in [6, 6.07) is 8.30. The highest BCUT2D eigenvalue weighted by molar-refractivity contribution is 7.09. The Kier molecular flexibility index (Phi) is 3.48. The number of nitrogens with zero attached hydrogens (tertiary/aromatic N) is 1. The quantitative estimate of drug-likeness (QED) is 0.857. The molecule has 0 aliphatic heterocycles. The van der Waals surface area contributed by atoms with Crippen molar-refractivity contribution in [1.29, 1.82) is 0 Å². The lowest BCUT2D eigenvalue weighted by Crippen LogP contribution is -2.11. The first kappa shape index (κ1) is 10.3. The van der Waals surface area contributed by atoms with E-state index in [0.29, 0.717) is 0 Å². The predicted molar refractivity (Wildman–Crippen MR) is 63.8 cm³/mol. The third kappa shape index (κ3) is 2.88. The van der Waals surface area contributed by atoms with Crippen LogP contribution >= 0.6 is 11.3 Å². The van der Waals surface area contributed by atoms with Crippen molar-refractivity contribution in [2.24, 2.45) is 5.73 Å². The van der Waals surface area contributed by atoms with Crippen LogP contribution in [-0.4, -0.2) is 4.98 Å². The fourth-order valence-electron chi connectivity index (χ4n) is 1.51. The van der Waals surface area contributed by atoms with Crippen molar-refractivity contribution in [3.05, 3.63) is 52.5 Å². The van der Waals surface area contributed by atoms with E-state index in [4.69, 9.17) is 5.73 Å². The van der Waals surface area contributed by atoms with E-state index in [1.807, 2.05) is 18.3 Å². The maximum atomic E-state index is 6.08. The molecule has 1 unspecified atom stereocenters. The molecule has 0 amide bonds. The summed E-state index contributed by atoms with van der Waals surface area (Å²) in [4.78, 5) is 5.47. The molecule has 3 heteroatoms. The number of aromatic nitrogens is 1. The van der Waals surface area contributed by atoms with Gasteiger partial charge in [0.25, 0.3) is 0 Å². The minimum Gasteiger partial charge on any atom is -0.324 e. The Bertz CT molecular complexity index is 383. The van der Waals surface area contributed by atoms with Gasteiger partial charge in [-0.15, -0.1) is 11.3 Å². The molecule has 15 heavy (non-hydrogen) atoms. The molecule has 0 radical (unpaired) electrons. The average Bonchev–Trinajstić information content (AvgIpc) is 2.80. The highest BCUT2D eigenvalue weighted by Crippen LogP contribution is 2.18. The van der Waals surface area contributed by atoms with Gasteiger partial charge in [0, 0.05) is 23.3 Å². The van der Waals surface area contributed by atoms with Crippen LogP contribution in [0.2, 0.25) is 0 Å². The first-order chi connectivity index (χ1) is 7.36. The molecule has 1 atom stereocenters. The van der Waals surface area contributed by atoms with Crippen molar-refractivity contribution in [2.45, 2.75) is 18.9 Å². The van der Waals surface area contributed by atoms with Crippen LogP contribution < -0.4 is 5.73 Å². The van der Waals surface area contributed by atoms with Gasteiger partial charge in [-0.25, -0.2) is 0 Å². The molecular weight excluding hydrogens is 204 g/mol. The molecule has 2 nitrogen and oxygen atoms in total. The number of aryl methyl sites for hydroxylation is 1. The van der Waals surface area contributed by atoms with E-state index in [-0.39, 0.29) is 6.04 Å². The number of rotatable bonds is 4. The molecule has 2 heterocycles. The van der Waals surface area contributed by atoms with Gasteiger partial charge in [-0.1, -0.05) is 12.1 Å². The summed E-state index contributed by atoms with van der Waals surface area (Å²) in [6.07, 6.45) is 5.65. The van der Waals surface area contributed by atoms with Crippen LogP contribution in [0.3, 0.4) is 0 Å². The maximum absolute atomic E-state index is 6.08. The lowest BCUT2D eigenvalue weighted by molar-refractivity contribution is 0.653. The molecule has 2 rings (SSSR count). The molecule has 0 saturated heterocycles. The Morgan fingerprint density at radius 1 is 1.33 bits per heavy atom. The van der Waals surface area contributed by atoms with Gasteiger partial charge in [-0.3, -0.25) is 4.98 Å². The summed E-state index contributed by atoms with van der Waals surface area (Å²) in [7, 11) is 0. The van der Waals surface area contributed by atoms with Crippen LogP contribution in [0.25, 0.3) is 0 Å². The molecule has 2 aromatic heterocycles. The SMILES string of the molecule is NC(CCc1cccs1)c1cccnc1. The smallest absolute Gasteiger partial charge is 0.0315 e. The van der Waals surface area contributed by atoms with Gasteiger partial charge in [-0.2, -0.15) is 0 Å². The third-order valence-electron chi connectivity index (χ3n) is 2.39. The van der Waals surface area contributed by atoms with E-state index in [9.17, 15) is 0 Å². The molecule has 0 saturated carbocycles. The zero-order valence-corrected chi connectivity index (χ0v) is 9.28. The summed E-state index contributed by atoms with van der Waals surface area (Å²) in [5.74, 6) is 0. The van der Waals surface area contributed by atoms with Crippen molar-refractivity contribution in [3.8, 4) is 0 Å². The minimum absolute atomic E-state index is 0.0980. The molecule has 0 fully saturated rings. The highest BCUT2D eigenvalue weighted by Gasteiger charge is 2.05. The number of pyridine rings is 1. The zero-order valence-electron chi connectivity index (χ0n) is 8.47. The molecule has 0 aliphatic rings. The third-order valence-corrected chi connectivity index (χ3v) is 3.33. The molecule has 78 valence electrons. The van der Waals surface area contributed by atoms with Gasteiger partial charge in [0.2, 0.25) is 0 Å². The highest BCUT2D eigenvalue weighted by atomic mass is 32.1. The van der Waals surface area contributed by atoms with Crippen molar-refractivity contribution in [2.75, 3.05) is 0 Å². The van der Waals surface area contributed by atoms with Gasteiger partial charge >= 0.3 is 0 Å². The van der Waals surface area contributed by atoms with Crippen molar-refractivity contribution < 1.29 is 0 Å². The van der Waals surface area contributed by atoms with Crippen LogP contribution in [0.1, 0.15) is 22.9 Å². The van der Waals surface area contributed by atoms with Crippen molar-refractivity contribution >= 4 is 11.3 Å². The van der Waals surface area contributed by atoms with Crippen molar-refractivity contribution in [3.63, 3.8) is 0 Å². The number of thiophene rings is 1. The Balaban J connectivity index is 1.90. The second-order valence-electron chi connectivity index (χ2n) is 3.51. The number of hydrogen-bond acceptors (Lipinski definition) is 3. The topological polar surface area (TPSA) is 38.9 Å². The van der Waals surface area contributed by atoms with E-state index < -0.39 is 0 Å². The molecule has 0 aromatic carbocycles. The van der Waals surface area contributed by atoms with Crippen molar-refractivity contribution in [1.82, 2.24) is 4.98 Å². The molecule has 0 bridgehead atoms. The lowest BCUT2D eigenvalue weighted by atomic mass is 10.0. The fourth-order valence-corrected chi connectivity index (χ4v) is 2.24. The van der Waals surface area contributed by atoms with Crippen LogP contribution in [0.4, 0.5) is 0 Å². The Morgan fingerprint density at radius 3 is 2.93 bits per heavy atom. The second-order valence-corrected chi connectivity index (χ2v) is 4.54. The van der Waals surface area contributed by atoms with Gasteiger partial charge in [0.1, 0.15) is 0 Å². The Labute approximate surface area is 93.8 Å². The van der Waals surface area contributed by atoms with Gasteiger partial charge < -0.3 is 5.73 Å². The summed E-state index contributed by atoms with van der Waals surface area (Å²) in [6.45, 7) is 0. The largest absolute Gasteiger partial charge is 0.324 e. The molecule has 2 N–H and O–H groups in total. The van der Waals surface area contributed by atoms with E-state index in [1.165, 1.54) is 4.88 Å². The zero-order chi connectivity index (χ0) is 10.5. The predicted octanol–water partition coefficient (Wildman–Crippen LogP) is 2.78. The molecular formula is C12H14N2S. The van der Waals surface area contributed by atoms with Crippen LogP contribution in [-0.2, 0) is 6.42 Å². The van der Waals surface area contributed by atoms with Crippen LogP contribution in [0.5, 0.6) is 0 Å². The van der Waals surface area contributed by atoms with Gasteiger partial charge in [0.05, 0.1) is 0 Å². The van der Waals surface area contributed by atoms with Crippen LogP contribution in [0.15, 0.2) is 42.0 Å². The monoisotopic (exact) mass is 218 g/mol. The molecule has 2 aromatic rings. The molecule has 0 aliphatic carbocycles. The van der Waals surface area contributed by atoms with Gasteiger partial charge in [-0.05, 0) is 35.9 Å². The number of nitrogens with two attached hydrogens (primary N) is 1. The van der Waals surface area contributed by atoms with Gasteiger partial charge in [0.15, 0.2) is 0 Å². The average molecular weight is 218 g/mol. The van der Waals surface area contributed by atoms with E-state index in [2.05, 4.69) is 22.5 Å². The fraction of sp³-hybridized carbons (Fsp3) is 0.250. The second kappa shape index (κ2) is 5.05. The first-order valence-electron chi connectivity index (χ1n) is 5.04. The van der Waals surface area contributed by atoms with E-state index >= 15 is 0 Å². The summed E-state index contributed by atoms with van der Waals surface area (Å²) >= 11 is 1.79. The van der Waals surface area contributed by atoms with Crippen LogP contribution in [0, 0.1) is 0 Å². The Hall–Kier alpha value is -1.19. The standard InChI is InChI=1S/C12H14N2S/c13-12(10-3-1-7-14-9-10)6-5-11-4-2-8-15-11/h1-4,7-9,12H,5-6,13H2. The maximum Gasteiger partial charge on any atom is 0.0315 e.